The number of aliphatic hydroxyl groups excluding tert-OH is 1. The third-order valence-electron chi connectivity index (χ3n) is 4.72. The molecule has 0 aliphatic rings. The van der Waals surface area contributed by atoms with E-state index < -0.39 is 27.4 Å². The summed E-state index contributed by atoms with van der Waals surface area (Å²) in [6.45, 7) is 10.8. The second-order valence-corrected chi connectivity index (χ2v) is 12.8. The molecule has 0 amide bonds. The van der Waals surface area contributed by atoms with Crippen LogP contribution in [-0.2, 0) is 10.0 Å². The lowest BCUT2D eigenvalue weighted by Crippen LogP contribution is -2.40. The number of aromatic nitrogens is 1. The predicted octanol–water partition coefficient (Wildman–Crippen LogP) is 4.49. The maximum atomic E-state index is 13.3. The third-order valence-corrected chi connectivity index (χ3v) is 7.59. The monoisotopic (exact) mass is 518 g/mol. The Labute approximate surface area is 211 Å². The molecule has 1 atom stereocenters. The maximum absolute atomic E-state index is 13.3. The Balaban J connectivity index is 1.95. The molecule has 1 heterocycles. The molecule has 190 valence electrons. The number of sulfonamides is 1. The van der Waals surface area contributed by atoms with Crippen LogP contribution in [0.4, 0.5) is 11.4 Å². The molecule has 8 nitrogen and oxygen atoms in total. The van der Waals surface area contributed by atoms with Crippen LogP contribution in [0.1, 0.15) is 41.5 Å². The number of thiazole rings is 1. The van der Waals surface area contributed by atoms with Crippen LogP contribution in [0.25, 0.3) is 21.0 Å². The van der Waals surface area contributed by atoms with E-state index >= 15 is 0 Å². The molecule has 0 aliphatic heterocycles. The van der Waals surface area contributed by atoms with E-state index in [1.54, 1.807) is 59.9 Å². The number of hydrogen-bond donors (Lipinski definition) is 5. The number of hydrogen-bond acceptors (Lipinski definition) is 8. The van der Waals surface area contributed by atoms with Crippen molar-refractivity contribution in [3.05, 3.63) is 48.7 Å². The zero-order chi connectivity index (χ0) is 26.0. The van der Waals surface area contributed by atoms with Crippen molar-refractivity contribution in [1.29, 1.82) is 0 Å². The van der Waals surface area contributed by atoms with Crippen molar-refractivity contribution < 1.29 is 18.6 Å². The second kappa shape index (κ2) is 10.2. The van der Waals surface area contributed by atoms with Gasteiger partial charge in [-0.2, -0.15) is 0 Å². The molecule has 0 saturated carbocycles. The van der Waals surface area contributed by atoms with Crippen LogP contribution in [-0.4, -0.2) is 47.5 Å². The van der Waals surface area contributed by atoms with Crippen molar-refractivity contribution in [3.63, 3.8) is 0 Å². The van der Waals surface area contributed by atoms with Gasteiger partial charge >= 0.3 is 0 Å². The van der Waals surface area contributed by atoms with Gasteiger partial charge in [0.1, 0.15) is 11.2 Å². The van der Waals surface area contributed by atoms with Crippen molar-refractivity contribution >= 4 is 32.7 Å². The van der Waals surface area contributed by atoms with Crippen molar-refractivity contribution in [2.24, 2.45) is 0 Å². The quantitative estimate of drug-likeness (QED) is 0.265. The van der Waals surface area contributed by atoms with E-state index in [0.29, 0.717) is 22.7 Å². The Kier molecular flexibility index (Phi) is 7.93. The van der Waals surface area contributed by atoms with Gasteiger partial charge in [-0.1, -0.05) is 6.07 Å². The summed E-state index contributed by atoms with van der Waals surface area (Å²) in [7, 11) is -3.86. The number of anilines is 2. The fraction of sp³-hybridized carbons (Fsp3) is 0.400. The van der Waals surface area contributed by atoms with E-state index in [0.717, 1.165) is 16.3 Å². The molecule has 0 saturated heterocycles. The smallest absolute Gasteiger partial charge is 0.241 e. The van der Waals surface area contributed by atoms with E-state index in [4.69, 9.17) is 0 Å². The van der Waals surface area contributed by atoms with Crippen molar-refractivity contribution in [3.8, 4) is 21.0 Å². The van der Waals surface area contributed by atoms with Crippen molar-refractivity contribution in [2.45, 2.75) is 63.8 Å². The molecule has 0 spiro atoms. The normalized spacial score (nSPS) is 13.5. The lowest BCUT2D eigenvalue weighted by atomic mass is 10.1. The van der Waals surface area contributed by atoms with Crippen LogP contribution in [0.15, 0.2) is 53.6 Å². The van der Waals surface area contributed by atoms with Gasteiger partial charge in [0, 0.05) is 40.8 Å². The Bertz CT molecular complexity index is 1260. The second-order valence-electron chi connectivity index (χ2n) is 10.2. The first-order chi connectivity index (χ1) is 16.1. The summed E-state index contributed by atoms with van der Waals surface area (Å²) in [5, 5.41) is 26.4. The fourth-order valence-electron chi connectivity index (χ4n) is 3.32. The molecule has 0 aliphatic carbocycles. The van der Waals surface area contributed by atoms with Gasteiger partial charge in [-0.15, -0.1) is 11.3 Å². The highest BCUT2D eigenvalue weighted by Crippen LogP contribution is 2.37. The summed E-state index contributed by atoms with van der Waals surface area (Å²) in [4.78, 5) is 5.35. The summed E-state index contributed by atoms with van der Waals surface area (Å²) >= 11 is 1.40. The van der Waals surface area contributed by atoms with E-state index in [2.05, 4.69) is 20.3 Å². The average Bonchev–Trinajstić information content (AvgIpc) is 3.20. The van der Waals surface area contributed by atoms with Crippen LogP contribution < -0.4 is 15.4 Å². The Hall–Kier alpha value is -2.50. The molecule has 3 aromatic rings. The minimum Gasteiger partial charge on any atom is -0.389 e. The van der Waals surface area contributed by atoms with Crippen LogP contribution in [0, 0.1) is 0 Å². The Morgan fingerprint density at radius 3 is 2.23 bits per heavy atom. The zero-order valence-corrected chi connectivity index (χ0v) is 22.5. The van der Waals surface area contributed by atoms with Crippen molar-refractivity contribution in [1.82, 2.24) is 9.71 Å². The van der Waals surface area contributed by atoms with E-state index in [-0.39, 0.29) is 4.90 Å². The molecular weight excluding hydrogens is 484 g/mol. The number of aliphatic hydroxyl groups is 2. The molecule has 0 fully saturated rings. The number of nitrogens with zero attached hydrogens (tertiary/aromatic N) is 1. The van der Waals surface area contributed by atoms with Crippen LogP contribution in [0.5, 0.6) is 0 Å². The molecule has 35 heavy (non-hydrogen) atoms. The van der Waals surface area contributed by atoms with Gasteiger partial charge < -0.3 is 20.8 Å². The molecule has 0 radical (unpaired) electrons. The highest BCUT2D eigenvalue weighted by molar-refractivity contribution is 7.89. The Morgan fingerprint density at radius 1 is 1.03 bits per heavy atom. The highest BCUT2D eigenvalue weighted by atomic mass is 32.2. The van der Waals surface area contributed by atoms with Gasteiger partial charge in [0.2, 0.25) is 10.0 Å². The summed E-state index contributed by atoms with van der Waals surface area (Å²) in [5.41, 5.74) is 1.34. The lowest BCUT2D eigenvalue weighted by Gasteiger charge is -2.22. The summed E-state index contributed by atoms with van der Waals surface area (Å²) in [6.07, 6.45) is 0.844. The van der Waals surface area contributed by atoms with E-state index in [1.165, 1.54) is 17.4 Å². The number of benzene rings is 2. The first-order valence-electron chi connectivity index (χ1n) is 11.3. The molecule has 2 aromatic carbocycles. The predicted molar refractivity (Wildman–Crippen MR) is 143 cm³/mol. The molecule has 5 N–H and O–H groups in total. The zero-order valence-electron chi connectivity index (χ0n) is 20.9. The third kappa shape index (κ3) is 7.74. The first-order valence-corrected chi connectivity index (χ1v) is 13.6. The van der Waals surface area contributed by atoms with Gasteiger partial charge in [0.15, 0.2) is 0 Å². The van der Waals surface area contributed by atoms with Crippen LogP contribution in [0.2, 0.25) is 0 Å². The number of rotatable bonds is 9. The number of nitrogens with one attached hydrogen (secondary N) is 3. The minimum atomic E-state index is -3.86. The van der Waals surface area contributed by atoms with Gasteiger partial charge in [-0.05, 0) is 77.9 Å². The first kappa shape index (κ1) is 27.1. The molecule has 3 rings (SSSR count). The van der Waals surface area contributed by atoms with Crippen LogP contribution >= 0.6 is 11.3 Å². The van der Waals surface area contributed by atoms with Crippen molar-refractivity contribution in [2.75, 3.05) is 17.2 Å². The van der Waals surface area contributed by atoms with Gasteiger partial charge in [-0.25, -0.2) is 18.1 Å². The summed E-state index contributed by atoms with van der Waals surface area (Å²) in [5.74, 6) is 0. The summed E-state index contributed by atoms with van der Waals surface area (Å²) in [6, 6.07) is 12.7. The Morgan fingerprint density at radius 2 is 1.66 bits per heavy atom. The summed E-state index contributed by atoms with van der Waals surface area (Å²) < 4.78 is 29.3. The maximum Gasteiger partial charge on any atom is 0.241 e. The van der Waals surface area contributed by atoms with Gasteiger partial charge in [0.25, 0.3) is 0 Å². The molecule has 10 heteroatoms. The van der Waals surface area contributed by atoms with E-state index in [1.807, 2.05) is 24.3 Å². The molecular formula is C25H34N4O4S2. The molecule has 1 aromatic heterocycles. The standard InChI is InChI=1S/C25H34N4O4S2/c1-16(30)28-19-11-12-20(22(13-19)35(32,33)29-24(2,3)4)21-14-26-23(34-21)17-7-9-18(10-8-17)27-15-25(5,6)31/h7-14,16,27-31H,15H2,1-6H3. The minimum absolute atomic E-state index is 0.111. The van der Waals surface area contributed by atoms with Gasteiger partial charge in [0.05, 0.1) is 15.4 Å². The lowest BCUT2D eigenvalue weighted by molar-refractivity contribution is 0.0945. The molecule has 0 bridgehead atoms. The largest absolute Gasteiger partial charge is 0.389 e. The van der Waals surface area contributed by atoms with E-state index in [9.17, 15) is 18.6 Å². The molecule has 1 unspecified atom stereocenters. The highest BCUT2D eigenvalue weighted by Gasteiger charge is 2.26. The SMILES string of the molecule is CC(O)Nc1ccc(-c2cnc(-c3ccc(NCC(C)(C)O)cc3)s2)c(S(=O)(=O)NC(C)(C)C)c1. The fourth-order valence-corrected chi connectivity index (χ4v) is 6.01. The van der Waals surface area contributed by atoms with Gasteiger partial charge in [-0.3, -0.25) is 0 Å². The average molecular weight is 519 g/mol. The topological polar surface area (TPSA) is 124 Å². The van der Waals surface area contributed by atoms with Crippen LogP contribution in [0.3, 0.4) is 0 Å².